The highest BCUT2D eigenvalue weighted by Gasteiger charge is 2.21. The number of hydrogen-bond acceptors (Lipinski definition) is 1. The molecule has 2 heteroatoms. The Kier molecular flexibility index (Phi) is 6.59. The first-order chi connectivity index (χ1) is 26.3. The standard InChI is InChI=1S/C51H32N2/c1-3-15-33(16-4-1)49-39-22-10-12-24-41(39)50(42-25-13-11-23-40(42)49)43-28-27-38(35-19-7-8-20-36(35)43)45-31-46-47-32-52-30-29-48(47)53(34-17-5-2-6-18-34)51(46)44-26-14-9-21-37(44)45/h1-32H. The van der Waals surface area contributed by atoms with E-state index >= 15 is 0 Å². The molecule has 0 saturated carbocycles. The predicted molar refractivity (Wildman–Crippen MR) is 225 cm³/mol. The van der Waals surface area contributed by atoms with Crippen LogP contribution in [0.3, 0.4) is 0 Å². The third-order valence-electron chi connectivity index (χ3n) is 11.1. The number of para-hydroxylation sites is 1. The van der Waals surface area contributed by atoms with Gasteiger partial charge in [0.2, 0.25) is 0 Å². The quantitative estimate of drug-likeness (QED) is 0.170. The molecule has 9 aromatic carbocycles. The highest BCUT2D eigenvalue weighted by Crippen LogP contribution is 2.48. The van der Waals surface area contributed by atoms with E-state index in [0.717, 1.165) is 16.6 Å². The average Bonchev–Trinajstić information content (AvgIpc) is 3.57. The van der Waals surface area contributed by atoms with E-state index in [1.807, 2.05) is 12.4 Å². The summed E-state index contributed by atoms with van der Waals surface area (Å²) in [6.45, 7) is 0. The summed E-state index contributed by atoms with van der Waals surface area (Å²) in [5.41, 5.74) is 11.0. The van der Waals surface area contributed by atoms with Crippen LogP contribution < -0.4 is 0 Å². The number of aromatic nitrogens is 2. The molecule has 0 unspecified atom stereocenters. The van der Waals surface area contributed by atoms with E-state index in [4.69, 9.17) is 0 Å². The van der Waals surface area contributed by atoms with Crippen molar-refractivity contribution in [2.75, 3.05) is 0 Å². The Hall–Kier alpha value is -7.03. The maximum atomic E-state index is 4.61. The highest BCUT2D eigenvalue weighted by molar-refractivity contribution is 6.26. The summed E-state index contributed by atoms with van der Waals surface area (Å²) in [7, 11) is 0. The second-order valence-corrected chi connectivity index (χ2v) is 13.8. The molecule has 0 radical (unpaired) electrons. The van der Waals surface area contributed by atoms with Crippen molar-refractivity contribution in [1.82, 2.24) is 9.55 Å². The van der Waals surface area contributed by atoms with Gasteiger partial charge in [0.05, 0.1) is 11.0 Å². The van der Waals surface area contributed by atoms with Crippen molar-refractivity contribution in [3.63, 3.8) is 0 Å². The Balaban J connectivity index is 1.23. The first-order valence-corrected chi connectivity index (χ1v) is 18.2. The lowest BCUT2D eigenvalue weighted by Gasteiger charge is -2.20. The Morgan fingerprint density at radius 3 is 1.47 bits per heavy atom. The number of rotatable bonds is 4. The molecule has 0 N–H and O–H groups in total. The maximum Gasteiger partial charge on any atom is 0.0620 e. The van der Waals surface area contributed by atoms with Crippen LogP contribution in [0.15, 0.2) is 194 Å². The molecule has 0 saturated heterocycles. The molecule has 53 heavy (non-hydrogen) atoms. The monoisotopic (exact) mass is 672 g/mol. The molecule has 0 aliphatic heterocycles. The molecule has 246 valence electrons. The van der Waals surface area contributed by atoms with Crippen LogP contribution in [0.5, 0.6) is 0 Å². The Morgan fingerprint density at radius 1 is 0.340 bits per heavy atom. The fourth-order valence-electron chi connectivity index (χ4n) is 8.87. The van der Waals surface area contributed by atoms with Crippen molar-refractivity contribution in [1.29, 1.82) is 0 Å². The van der Waals surface area contributed by atoms with Gasteiger partial charge in [0.15, 0.2) is 0 Å². The van der Waals surface area contributed by atoms with Gasteiger partial charge in [-0.3, -0.25) is 4.98 Å². The van der Waals surface area contributed by atoms with Gasteiger partial charge in [-0.1, -0.05) is 158 Å². The molecular weight excluding hydrogens is 641 g/mol. The molecule has 0 bridgehead atoms. The zero-order valence-corrected chi connectivity index (χ0v) is 28.9. The SMILES string of the molecule is c1ccc(-c2c3ccccc3c(-c3ccc(-c4cc5c6cnccc6n(-c6ccccc6)c5c5ccccc45)c4ccccc34)c3ccccc23)cc1. The average molecular weight is 673 g/mol. The lowest BCUT2D eigenvalue weighted by Crippen LogP contribution is -1.95. The second-order valence-electron chi connectivity index (χ2n) is 13.8. The van der Waals surface area contributed by atoms with Crippen molar-refractivity contribution in [3.8, 4) is 39.1 Å². The molecule has 11 aromatic rings. The Bertz CT molecular complexity index is 3150. The van der Waals surface area contributed by atoms with E-state index in [1.54, 1.807) is 0 Å². The van der Waals surface area contributed by atoms with Crippen molar-refractivity contribution in [2.24, 2.45) is 0 Å². The predicted octanol–water partition coefficient (Wildman–Crippen LogP) is 13.8. The summed E-state index contributed by atoms with van der Waals surface area (Å²) >= 11 is 0. The van der Waals surface area contributed by atoms with Crippen LogP contribution in [0, 0.1) is 0 Å². The van der Waals surface area contributed by atoms with Gasteiger partial charge in [-0.05, 0) is 95.3 Å². The van der Waals surface area contributed by atoms with E-state index in [1.165, 1.54) is 87.4 Å². The molecule has 0 amide bonds. The minimum absolute atomic E-state index is 1.14. The van der Waals surface area contributed by atoms with Crippen LogP contribution in [0.1, 0.15) is 0 Å². The largest absolute Gasteiger partial charge is 0.309 e. The molecule has 0 aliphatic carbocycles. The molecule has 2 nitrogen and oxygen atoms in total. The van der Waals surface area contributed by atoms with E-state index in [0.29, 0.717) is 0 Å². The normalized spacial score (nSPS) is 11.8. The first-order valence-electron chi connectivity index (χ1n) is 18.2. The van der Waals surface area contributed by atoms with Crippen LogP contribution in [0.4, 0.5) is 0 Å². The van der Waals surface area contributed by atoms with Gasteiger partial charge in [0.25, 0.3) is 0 Å². The molecule has 0 atom stereocenters. The van der Waals surface area contributed by atoms with Gasteiger partial charge in [0.1, 0.15) is 0 Å². The van der Waals surface area contributed by atoms with Crippen LogP contribution >= 0.6 is 0 Å². The summed E-state index contributed by atoms with van der Waals surface area (Å²) in [6, 6.07) is 66.4. The van der Waals surface area contributed by atoms with Crippen molar-refractivity contribution in [3.05, 3.63) is 194 Å². The van der Waals surface area contributed by atoms with E-state index in [9.17, 15) is 0 Å². The minimum atomic E-state index is 1.14. The van der Waals surface area contributed by atoms with Gasteiger partial charge in [-0.25, -0.2) is 0 Å². The Labute approximate surface area is 306 Å². The summed E-state index contributed by atoms with van der Waals surface area (Å²) in [5, 5.41) is 12.3. The maximum absolute atomic E-state index is 4.61. The lowest BCUT2D eigenvalue weighted by atomic mass is 9.83. The van der Waals surface area contributed by atoms with E-state index in [2.05, 4.69) is 192 Å². The number of benzene rings is 9. The number of hydrogen-bond donors (Lipinski definition) is 0. The van der Waals surface area contributed by atoms with Crippen molar-refractivity contribution in [2.45, 2.75) is 0 Å². The molecule has 0 aliphatic rings. The second kappa shape index (κ2) is 11.8. The minimum Gasteiger partial charge on any atom is -0.309 e. The summed E-state index contributed by atoms with van der Waals surface area (Å²) < 4.78 is 2.40. The van der Waals surface area contributed by atoms with Gasteiger partial charge < -0.3 is 4.57 Å². The summed E-state index contributed by atoms with van der Waals surface area (Å²) in [4.78, 5) is 4.61. The molecule has 2 heterocycles. The van der Waals surface area contributed by atoms with Crippen molar-refractivity contribution >= 4 is 64.9 Å². The molecule has 2 aromatic heterocycles. The number of fused-ring (bicyclic) bond motifs is 8. The molecule has 11 rings (SSSR count). The first kappa shape index (κ1) is 29.7. The molecular formula is C51H32N2. The van der Waals surface area contributed by atoms with Gasteiger partial charge in [-0.2, -0.15) is 0 Å². The number of pyridine rings is 1. The number of nitrogens with zero attached hydrogens (tertiary/aromatic N) is 2. The third-order valence-corrected chi connectivity index (χ3v) is 11.1. The topological polar surface area (TPSA) is 17.8 Å². The van der Waals surface area contributed by atoms with Crippen LogP contribution in [0.25, 0.3) is 104 Å². The van der Waals surface area contributed by atoms with Gasteiger partial charge in [-0.15, -0.1) is 0 Å². The van der Waals surface area contributed by atoms with Gasteiger partial charge >= 0.3 is 0 Å². The summed E-state index contributed by atoms with van der Waals surface area (Å²) in [5.74, 6) is 0. The fraction of sp³-hybridized carbons (Fsp3) is 0. The fourth-order valence-corrected chi connectivity index (χ4v) is 8.87. The van der Waals surface area contributed by atoms with Crippen LogP contribution in [-0.4, -0.2) is 9.55 Å². The molecule has 0 fully saturated rings. The lowest BCUT2D eigenvalue weighted by molar-refractivity contribution is 1.18. The third kappa shape index (κ3) is 4.43. The van der Waals surface area contributed by atoms with Crippen LogP contribution in [0.2, 0.25) is 0 Å². The summed E-state index contributed by atoms with van der Waals surface area (Å²) in [6.07, 6.45) is 3.92. The van der Waals surface area contributed by atoms with Crippen LogP contribution in [-0.2, 0) is 0 Å². The highest BCUT2D eigenvalue weighted by atomic mass is 15.0. The molecule has 0 spiro atoms. The van der Waals surface area contributed by atoms with E-state index < -0.39 is 0 Å². The Morgan fingerprint density at radius 2 is 0.830 bits per heavy atom. The smallest absolute Gasteiger partial charge is 0.0620 e. The zero-order valence-electron chi connectivity index (χ0n) is 28.9. The van der Waals surface area contributed by atoms with Gasteiger partial charge in [0, 0.05) is 34.2 Å². The zero-order chi connectivity index (χ0) is 34.9. The van der Waals surface area contributed by atoms with Crippen molar-refractivity contribution < 1.29 is 0 Å². The van der Waals surface area contributed by atoms with E-state index in [-0.39, 0.29) is 0 Å².